The number of hydrogen-bond acceptors (Lipinski definition) is 4. The zero-order valence-corrected chi connectivity index (χ0v) is 13.9. The second kappa shape index (κ2) is 5.52. The van der Waals surface area contributed by atoms with Gasteiger partial charge in [-0.1, -0.05) is 29.3 Å². The van der Waals surface area contributed by atoms with Gasteiger partial charge in [0.2, 0.25) is 0 Å². The first-order chi connectivity index (χ1) is 9.36. The van der Waals surface area contributed by atoms with E-state index >= 15 is 0 Å². The van der Waals surface area contributed by atoms with Crippen molar-refractivity contribution in [1.29, 1.82) is 0 Å². The average Bonchev–Trinajstić information content (AvgIpc) is 2.83. The lowest BCUT2D eigenvalue weighted by atomic mass is 9.98. The SMILES string of the molecule is CCCC(C)(C)n1nnnc1-c1cc(Br)cc(N)c1C. The number of benzene rings is 1. The molecular weight excluding hydrogens is 318 g/mol. The van der Waals surface area contributed by atoms with E-state index in [9.17, 15) is 0 Å². The molecule has 108 valence electrons. The van der Waals surface area contributed by atoms with Crippen LogP contribution in [0.5, 0.6) is 0 Å². The van der Waals surface area contributed by atoms with Gasteiger partial charge in [-0.2, -0.15) is 0 Å². The van der Waals surface area contributed by atoms with E-state index < -0.39 is 0 Å². The molecule has 0 aliphatic heterocycles. The van der Waals surface area contributed by atoms with Crippen LogP contribution in [0.1, 0.15) is 39.2 Å². The van der Waals surface area contributed by atoms with E-state index in [1.807, 2.05) is 23.7 Å². The summed E-state index contributed by atoms with van der Waals surface area (Å²) in [6.07, 6.45) is 2.08. The second-order valence-electron chi connectivity index (χ2n) is 5.64. The van der Waals surface area contributed by atoms with Gasteiger partial charge in [0, 0.05) is 15.7 Å². The highest BCUT2D eigenvalue weighted by Crippen LogP contribution is 2.32. The summed E-state index contributed by atoms with van der Waals surface area (Å²) in [5.74, 6) is 0.758. The third kappa shape index (κ3) is 2.70. The Morgan fingerprint density at radius 1 is 1.35 bits per heavy atom. The largest absolute Gasteiger partial charge is 0.398 e. The molecule has 0 saturated carbocycles. The normalized spacial score (nSPS) is 11.8. The van der Waals surface area contributed by atoms with E-state index in [-0.39, 0.29) is 5.54 Å². The van der Waals surface area contributed by atoms with Crippen LogP contribution in [0.3, 0.4) is 0 Å². The molecule has 0 unspecified atom stereocenters. The van der Waals surface area contributed by atoms with Gasteiger partial charge >= 0.3 is 0 Å². The zero-order chi connectivity index (χ0) is 14.9. The Bertz CT molecular complexity index is 618. The molecule has 20 heavy (non-hydrogen) atoms. The highest BCUT2D eigenvalue weighted by molar-refractivity contribution is 9.10. The van der Waals surface area contributed by atoms with Crippen molar-refractivity contribution in [3.05, 3.63) is 22.2 Å². The lowest BCUT2D eigenvalue weighted by Gasteiger charge is -2.25. The van der Waals surface area contributed by atoms with Crippen molar-refractivity contribution >= 4 is 21.6 Å². The van der Waals surface area contributed by atoms with Crippen molar-refractivity contribution in [2.75, 3.05) is 5.73 Å². The van der Waals surface area contributed by atoms with Gasteiger partial charge in [0.15, 0.2) is 5.82 Å². The minimum Gasteiger partial charge on any atom is -0.398 e. The molecule has 5 nitrogen and oxygen atoms in total. The predicted octanol–water partition coefficient (Wildman–Crippen LogP) is 3.53. The van der Waals surface area contributed by atoms with Crippen molar-refractivity contribution in [3.8, 4) is 11.4 Å². The fourth-order valence-electron chi connectivity index (χ4n) is 2.41. The van der Waals surface area contributed by atoms with Crippen molar-refractivity contribution in [1.82, 2.24) is 20.2 Å². The molecule has 0 bridgehead atoms. The molecule has 0 aliphatic rings. The minimum atomic E-state index is -0.128. The molecule has 6 heteroatoms. The third-order valence-electron chi connectivity index (χ3n) is 3.56. The van der Waals surface area contributed by atoms with Gasteiger partial charge in [-0.15, -0.1) is 5.10 Å². The van der Waals surface area contributed by atoms with Gasteiger partial charge in [-0.05, 0) is 55.3 Å². The Morgan fingerprint density at radius 3 is 2.70 bits per heavy atom. The van der Waals surface area contributed by atoms with Crippen molar-refractivity contribution < 1.29 is 0 Å². The Balaban J connectivity index is 2.59. The van der Waals surface area contributed by atoms with Crippen molar-refractivity contribution in [3.63, 3.8) is 0 Å². The molecule has 0 radical (unpaired) electrons. The van der Waals surface area contributed by atoms with Crippen LogP contribution < -0.4 is 5.73 Å². The van der Waals surface area contributed by atoms with E-state index in [2.05, 4.69) is 52.2 Å². The van der Waals surface area contributed by atoms with Crippen LogP contribution in [0.25, 0.3) is 11.4 Å². The molecule has 0 spiro atoms. The van der Waals surface area contributed by atoms with Gasteiger partial charge in [0.1, 0.15) is 0 Å². The molecule has 0 atom stereocenters. The number of hydrogen-bond donors (Lipinski definition) is 1. The minimum absolute atomic E-state index is 0.128. The Labute approximate surface area is 127 Å². The quantitative estimate of drug-likeness (QED) is 0.866. The number of nitrogen functional groups attached to an aromatic ring is 1. The molecule has 0 aliphatic carbocycles. The fraction of sp³-hybridized carbons (Fsp3) is 0.500. The summed E-state index contributed by atoms with van der Waals surface area (Å²) in [6, 6.07) is 3.90. The van der Waals surface area contributed by atoms with Crippen LogP contribution in [0.15, 0.2) is 16.6 Å². The molecule has 0 fully saturated rings. The smallest absolute Gasteiger partial charge is 0.182 e. The first-order valence-electron chi connectivity index (χ1n) is 6.71. The molecule has 0 amide bonds. The Morgan fingerprint density at radius 2 is 2.05 bits per heavy atom. The van der Waals surface area contributed by atoms with Crippen molar-refractivity contribution in [2.24, 2.45) is 0 Å². The number of halogens is 1. The predicted molar refractivity (Wildman–Crippen MR) is 84.3 cm³/mol. The Hall–Kier alpha value is -1.43. The number of aromatic nitrogens is 4. The molecule has 1 aromatic carbocycles. The number of tetrazole rings is 1. The van der Waals surface area contributed by atoms with E-state index in [0.717, 1.165) is 40.0 Å². The Kier molecular flexibility index (Phi) is 4.13. The van der Waals surface area contributed by atoms with E-state index in [4.69, 9.17) is 5.73 Å². The highest BCUT2D eigenvalue weighted by Gasteiger charge is 2.26. The van der Waals surface area contributed by atoms with Crippen LogP contribution in [-0.2, 0) is 5.54 Å². The molecular formula is C14H20BrN5. The average molecular weight is 338 g/mol. The second-order valence-corrected chi connectivity index (χ2v) is 6.56. The summed E-state index contributed by atoms with van der Waals surface area (Å²) < 4.78 is 2.82. The summed E-state index contributed by atoms with van der Waals surface area (Å²) in [5.41, 5.74) is 8.60. The van der Waals surface area contributed by atoms with Gasteiger partial charge in [-0.25, -0.2) is 4.68 Å². The number of nitrogens with zero attached hydrogens (tertiary/aromatic N) is 4. The highest BCUT2D eigenvalue weighted by atomic mass is 79.9. The lowest BCUT2D eigenvalue weighted by molar-refractivity contribution is 0.290. The van der Waals surface area contributed by atoms with Crippen LogP contribution >= 0.6 is 15.9 Å². The van der Waals surface area contributed by atoms with Crippen LogP contribution in [-0.4, -0.2) is 20.2 Å². The van der Waals surface area contributed by atoms with Gasteiger partial charge in [0.25, 0.3) is 0 Å². The maximum Gasteiger partial charge on any atom is 0.182 e. The molecule has 1 heterocycles. The maximum atomic E-state index is 6.04. The summed E-state index contributed by atoms with van der Waals surface area (Å²) in [7, 11) is 0. The van der Waals surface area contributed by atoms with Crippen molar-refractivity contribution in [2.45, 2.75) is 46.1 Å². The third-order valence-corrected chi connectivity index (χ3v) is 4.02. The monoisotopic (exact) mass is 337 g/mol. The standard InChI is InChI=1S/C14H20BrN5/c1-5-6-14(3,4)20-13(17-18-19-20)11-7-10(15)8-12(16)9(11)2/h7-8H,5-6,16H2,1-4H3. The van der Waals surface area contributed by atoms with Crippen LogP contribution in [0, 0.1) is 6.92 Å². The molecule has 1 aromatic heterocycles. The van der Waals surface area contributed by atoms with Crippen LogP contribution in [0.2, 0.25) is 0 Å². The summed E-state index contributed by atoms with van der Waals surface area (Å²) in [4.78, 5) is 0. The first-order valence-corrected chi connectivity index (χ1v) is 7.51. The maximum absolute atomic E-state index is 6.04. The molecule has 0 saturated heterocycles. The summed E-state index contributed by atoms with van der Waals surface area (Å²) in [6.45, 7) is 8.44. The topological polar surface area (TPSA) is 69.6 Å². The van der Waals surface area contributed by atoms with E-state index in [1.54, 1.807) is 0 Å². The van der Waals surface area contributed by atoms with Gasteiger partial charge < -0.3 is 5.73 Å². The van der Waals surface area contributed by atoms with Gasteiger partial charge in [-0.3, -0.25) is 0 Å². The number of nitrogens with two attached hydrogens (primary N) is 1. The zero-order valence-electron chi connectivity index (χ0n) is 12.3. The van der Waals surface area contributed by atoms with E-state index in [0.29, 0.717) is 0 Å². The number of rotatable bonds is 4. The molecule has 2 N–H and O–H groups in total. The summed E-state index contributed by atoms with van der Waals surface area (Å²) in [5, 5.41) is 12.2. The fourth-order valence-corrected chi connectivity index (χ4v) is 2.89. The number of anilines is 1. The molecule has 2 aromatic rings. The van der Waals surface area contributed by atoms with Gasteiger partial charge in [0.05, 0.1) is 5.54 Å². The summed E-state index contributed by atoms with van der Waals surface area (Å²) >= 11 is 3.48. The lowest BCUT2D eigenvalue weighted by Crippen LogP contribution is -2.28. The first kappa shape index (κ1) is 15.0. The van der Waals surface area contributed by atoms with Crippen LogP contribution in [0.4, 0.5) is 5.69 Å². The molecule has 2 rings (SSSR count). The van der Waals surface area contributed by atoms with E-state index in [1.165, 1.54) is 0 Å².